The van der Waals surface area contributed by atoms with E-state index in [0.29, 0.717) is 50.9 Å². The summed E-state index contributed by atoms with van der Waals surface area (Å²) in [5.41, 5.74) is 0.168. The zero-order valence-corrected chi connectivity index (χ0v) is 14.8. The minimum Gasteiger partial charge on any atom is -0.446 e. The third-order valence-corrected chi connectivity index (χ3v) is 3.41. The van der Waals surface area contributed by atoms with E-state index in [2.05, 4.69) is 10.3 Å². The molecule has 0 unspecified atom stereocenters. The molecule has 24 heavy (non-hydrogen) atoms. The quantitative estimate of drug-likeness (QED) is 0.441. The van der Waals surface area contributed by atoms with Crippen molar-refractivity contribution < 1.29 is 23.5 Å². The highest BCUT2D eigenvalue weighted by molar-refractivity contribution is 6.17. The molecule has 8 nitrogen and oxygen atoms in total. The number of nitrogens with zero attached hydrogens (tertiary/aromatic N) is 2. The number of aromatic nitrogens is 1. The van der Waals surface area contributed by atoms with Crippen molar-refractivity contribution in [2.45, 2.75) is 19.4 Å². The van der Waals surface area contributed by atoms with Crippen LogP contribution in [-0.4, -0.2) is 68.1 Å². The Hall–Kier alpha value is -1.64. The van der Waals surface area contributed by atoms with Gasteiger partial charge in [-0.15, -0.1) is 11.6 Å². The lowest BCUT2D eigenvalue weighted by Crippen LogP contribution is -2.33. The third-order valence-electron chi connectivity index (χ3n) is 3.14. The van der Waals surface area contributed by atoms with Crippen molar-refractivity contribution in [3.8, 4) is 0 Å². The Labute approximate surface area is 146 Å². The maximum atomic E-state index is 12.2. The van der Waals surface area contributed by atoms with E-state index in [-0.39, 0.29) is 24.1 Å². The van der Waals surface area contributed by atoms with Gasteiger partial charge in [-0.05, 0) is 6.42 Å². The molecule has 1 heterocycles. The van der Waals surface area contributed by atoms with Gasteiger partial charge in [0.1, 0.15) is 6.26 Å². The van der Waals surface area contributed by atoms with Crippen molar-refractivity contribution >= 4 is 23.4 Å². The minimum atomic E-state index is -0.348. The molecule has 0 spiro atoms. The van der Waals surface area contributed by atoms with Gasteiger partial charge in [-0.2, -0.15) is 0 Å². The predicted octanol–water partition coefficient (Wildman–Crippen LogP) is 1.04. The van der Waals surface area contributed by atoms with Crippen molar-refractivity contribution in [2.24, 2.45) is 0 Å². The topological polar surface area (TPSA) is 93.9 Å². The lowest BCUT2D eigenvalue weighted by Gasteiger charge is -2.20. The largest absolute Gasteiger partial charge is 0.446 e. The molecule has 0 radical (unpaired) electrons. The van der Waals surface area contributed by atoms with E-state index in [1.807, 2.05) is 0 Å². The smallest absolute Gasteiger partial charge is 0.273 e. The van der Waals surface area contributed by atoms with Gasteiger partial charge in [-0.25, -0.2) is 4.98 Å². The van der Waals surface area contributed by atoms with Crippen molar-refractivity contribution in [1.29, 1.82) is 0 Å². The molecule has 1 rings (SSSR count). The average molecular weight is 362 g/mol. The van der Waals surface area contributed by atoms with Crippen LogP contribution in [-0.2, 0) is 20.8 Å². The summed E-state index contributed by atoms with van der Waals surface area (Å²) in [7, 11) is 3.12. The summed E-state index contributed by atoms with van der Waals surface area (Å²) in [6.07, 6.45) is 2.22. The predicted molar refractivity (Wildman–Crippen MR) is 88.0 cm³/mol. The molecule has 1 N–H and O–H groups in total. The van der Waals surface area contributed by atoms with Crippen LogP contribution < -0.4 is 5.32 Å². The van der Waals surface area contributed by atoms with Gasteiger partial charge in [0.25, 0.3) is 5.91 Å². The van der Waals surface area contributed by atoms with Gasteiger partial charge >= 0.3 is 0 Å². The Bertz CT molecular complexity index is 509. The van der Waals surface area contributed by atoms with E-state index in [1.165, 1.54) is 6.26 Å². The molecule has 1 aromatic rings. The van der Waals surface area contributed by atoms with Gasteiger partial charge < -0.3 is 24.1 Å². The summed E-state index contributed by atoms with van der Waals surface area (Å²) < 4.78 is 15.2. The highest BCUT2D eigenvalue weighted by atomic mass is 35.5. The summed E-state index contributed by atoms with van der Waals surface area (Å²) >= 11 is 5.63. The Morgan fingerprint density at radius 1 is 1.33 bits per heavy atom. The number of ether oxygens (including phenoxy) is 2. The number of rotatable bonds is 12. The summed E-state index contributed by atoms with van der Waals surface area (Å²) in [5, 5.41) is 2.65. The summed E-state index contributed by atoms with van der Waals surface area (Å²) in [6, 6.07) is 0. The van der Waals surface area contributed by atoms with E-state index in [1.54, 1.807) is 19.1 Å². The number of alkyl halides is 1. The molecule has 136 valence electrons. The number of halogens is 1. The number of carbonyl (C=O) groups excluding carboxylic acids is 2. The van der Waals surface area contributed by atoms with Gasteiger partial charge in [0, 0.05) is 39.6 Å². The van der Waals surface area contributed by atoms with Crippen molar-refractivity contribution in [3.05, 3.63) is 17.8 Å². The molecule has 0 aliphatic carbocycles. The number of hydrogen-bond donors (Lipinski definition) is 1. The van der Waals surface area contributed by atoms with Crippen molar-refractivity contribution in [1.82, 2.24) is 15.2 Å². The lowest BCUT2D eigenvalue weighted by atomic mass is 10.3. The molecule has 0 aromatic carbocycles. The fraction of sp³-hybridized carbons (Fsp3) is 0.667. The van der Waals surface area contributed by atoms with Gasteiger partial charge in [0.05, 0.1) is 19.8 Å². The van der Waals surface area contributed by atoms with Crippen LogP contribution >= 0.6 is 11.6 Å². The number of methoxy groups -OCH3 is 2. The zero-order chi connectivity index (χ0) is 17.8. The SMILES string of the molecule is COCCNC(=O)c1coc(CN(CCOC)C(=O)CCCCl)n1. The zero-order valence-electron chi connectivity index (χ0n) is 14.0. The van der Waals surface area contributed by atoms with Crippen LogP contribution in [0.15, 0.2) is 10.7 Å². The van der Waals surface area contributed by atoms with E-state index in [4.69, 9.17) is 25.5 Å². The number of oxazole rings is 1. The Morgan fingerprint density at radius 2 is 2.08 bits per heavy atom. The first-order chi connectivity index (χ1) is 11.6. The molecule has 0 aliphatic rings. The van der Waals surface area contributed by atoms with Crippen LogP contribution in [0.4, 0.5) is 0 Å². The van der Waals surface area contributed by atoms with Crippen molar-refractivity contribution in [3.63, 3.8) is 0 Å². The first-order valence-electron chi connectivity index (χ1n) is 7.66. The van der Waals surface area contributed by atoms with Crippen LogP contribution in [0.5, 0.6) is 0 Å². The standard InChI is InChI=1S/C15H24ClN3O5/c1-22-8-6-17-15(21)12-11-24-13(18-12)10-19(7-9-23-2)14(20)4-3-5-16/h11H,3-10H2,1-2H3,(H,17,21). The van der Waals surface area contributed by atoms with Gasteiger partial charge in [-0.1, -0.05) is 0 Å². The minimum absolute atomic E-state index is 0.0583. The van der Waals surface area contributed by atoms with Crippen molar-refractivity contribution in [2.75, 3.05) is 46.4 Å². The lowest BCUT2D eigenvalue weighted by molar-refractivity contribution is -0.132. The van der Waals surface area contributed by atoms with Crippen LogP contribution in [0.2, 0.25) is 0 Å². The van der Waals surface area contributed by atoms with Gasteiger partial charge in [0.2, 0.25) is 11.8 Å². The Morgan fingerprint density at radius 3 is 2.75 bits per heavy atom. The summed E-state index contributed by atoms with van der Waals surface area (Å²) in [6.45, 7) is 1.79. The van der Waals surface area contributed by atoms with E-state index in [9.17, 15) is 9.59 Å². The number of carbonyl (C=O) groups is 2. The molecule has 0 bridgehead atoms. The fourth-order valence-corrected chi connectivity index (χ4v) is 2.01. The molecule has 0 aliphatic heterocycles. The maximum absolute atomic E-state index is 12.2. The highest BCUT2D eigenvalue weighted by Crippen LogP contribution is 2.08. The summed E-state index contributed by atoms with van der Waals surface area (Å²) in [4.78, 5) is 29.7. The fourth-order valence-electron chi connectivity index (χ4n) is 1.88. The van der Waals surface area contributed by atoms with Crippen LogP contribution in [0.3, 0.4) is 0 Å². The molecule has 2 amide bonds. The molecule has 0 fully saturated rings. The molecule has 1 aromatic heterocycles. The second-order valence-electron chi connectivity index (χ2n) is 4.98. The third kappa shape index (κ3) is 7.29. The average Bonchev–Trinajstić information content (AvgIpc) is 3.05. The van der Waals surface area contributed by atoms with Crippen LogP contribution in [0, 0.1) is 0 Å². The molecule has 9 heteroatoms. The molecule has 0 saturated heterocycles. The molecule has 0 atom stereocenters. The number of amides is 2. The van der Waals surface area contributed by atoms with E-state index < -0.39 is 0 Å². The maximum Gasteiger partial charge on any atom is 0.273 e. The second kappa shape index (κ2) is 11.8. The molecular formula is C15H24ClN3O5. The van der Waals surface area contributed by atoms with Crippen LogP contribution in [0.25, 0.3) is 0 Å². The number of hydrogen-bond acceptors (Lipinski definition) is 6. The monoisotopic (exact) mass is 361 g/mol. The summed E-state index contributed by atoms with van der Waals surface area (Å²) in [5.74, 6) is 0.312. The first kappa shape index (κ1) is 20.4. The molecule has 0 saturated carbocycles. The second-order valence-corrected chi connectivity index (χ2v) is 5.35. The van der Waals surface area contributed by atoms with Gasteiger partial charge in [-0.3, -0.25) is 9.59 Å². The van der Waals surface area contributed by atoms with E-state index in [0.717, 1.165) is 0 Å². The highest BCUT2D eigenvalue weighted by Gasteiger charge is 2.18. The Kier molecular flexibility index (Phi) is 10.1. The normalized spacial score (nSPS) is 10.6. The Balaban J connectivity index is 2.62. The van der Waals surface area contributed by atoms with Gasteiger partial charge in [0.15, 0.2) is 5.69 Å². The first-order valence-corrected chi connectivity index (χ1v) is 8.20. The van der Waals surface area contributed by atoms with E-state index >= 15 is 0 Å². The molecular weight excluding hydrogens is 338 g/mol. The van der Waals surface area contributed by atoms with Crippen LogP contribution in [0.1, 0.15) is 29.2 Å². The number of nitrogens with one attached hydrogen (secondary N) is 1.